The molecule has 0 aliphatic carbocycles. The zero-order chi connectivity index (χ0) is 31.5. The molecule has 1 heterocycles. The topological polar surface area (TPSA) is 66.9 Å². The lowest BCUT2D eigenvalue weighted by Gasteiger charge is -2.29. The minimum absolute atomic E-state index is 0.175. The zero-order valence-electron chi connectivity index (χ0n) is 25.0. The van der Waals surface area contributed by atoms with E-state index in [-0.39, 0.29) is 24.3 Å². The third-order valence-electron chi connectivity index (χ3n) is 8.23. The van der Waals surface area contributed by atoms with Gasteiger partial charge < -0.3 is 9.64 Å². The molecule has 0 aromatic heterocycles. The molecule has 1 aliphatic rings. The predicted molar refractivity (Wildman–Crippen MR) is 180 cm³/mol. The lowest BCUT2D eigenvalue weighted by Crippen LogP contribution is -2.42. The Balaban J connectivity index is 1.13. The minimum atomic E-state index is -0.314. The molecule has 1 aliphatic heterocycles. The van der Waals surface area contributed by atoms with Gasteiger partial charge in [-0.15, -0.1) is 0 Å². The first kappa shape index (κ1) is 28.7. The third-order valence-corrected chi connectivity index (χ3v) is 8.23. The molecule has 0 spiro atoms. The number of nitrogens with zero attached hydrogens (tertiary/aromatic N) is 2. The van der Waals surface area contributed by atoms with Crippen molar-refractivity contribution in [3.05, 3.63) is 162 Å². The van der Waals surface area contributed by atoms with Crippen LogP contribution in [0.5, 0.6) is 11.5 Å². The number of benzene rings is 6. The first-order chi connectivity index (χ1) is 22.6. The Bertz CT molecular complexity index is 1990. The molecule has 6 aromatic rings. The Labute approximate surface area is 267 Å². The zero-order valence-corrected chi connectivity index (χ0v) is 25.0. The van der Waals surface area contributed by atoms with Gasteiger partial charge in [-0.3, -0.25) is 19.3 Å². The average Bonchev–Trinajstić information content (AvgIpc) is 3.11. The summed E-state index contributed by atoms with van der Waals surface area (Å²) in [5.41, 5.74) is 4.35. The van der Waals surface area contributed by atoms with Gasteiger partial charge in [0.15, 0.2) is 0 Å². The van der Waals surface area contributed by atoms with Crippen LogP contribution in [0.25, 0.3) is 21.9 Å². The number of hydrogen-bond donors (Lipinski definition) is 0. The van der Waals surface area contributed by atoms with Crippen molar-refractivity contribution in [1.82, 2.24) is 4.90 Å². The summed E-state index contributed by atoms with van der Waals surface area (Å²) < 4.78 is 5.96. The number of amides is 3. The summed E-state index contributed by atoms with van der Waals surface area (Å²) in [5, 5.41) is 1.57. The van der Waals surface area contributed by atoms with Crippen LogP contribution >= 0.6 is 0 Å². The summed E-state index contributed by atoms with van der Waals surface area (Å²) in [7, 11) is 0. The summed E-state index contributed by atoms with van der Waals surface area (Å²) in [6.45, 7) is 0.468. The van der Waals surface area contributed by atoms with Gasteiger partial charge in [-0.1, -0.05) is 84.9 Å². The molecule has 0 fully saturated rings. The van der Waals surface area contributed by atoms with Crippen molar-refractivity contribution in [2.75, 3.05) is 18.0 Å². The van der Waals surface area contributed by atoms with Gasteiger partial charge in [0.2, 0.25) is 0 Å². The Morgan fingerprint density at radius 1 is 0.587 bits per heavy atom. The smallest absolute Gasteiger partial charge is 0.261 e. The number of carbonyl (C=O) groups excluding carboxylic acids is 3. The molecule has 7 rings (SSSR count). The quantitative estimate of drug-likeness (QED) is 0.155. The Morgan fingerprint density at radius 2 is 1.15 bits per heavy atom. The predicted octanol–water partition coefficient (Wildman–Crippen LogP) is 8.63. The van der Waals surface area contributed by atoms with Crippen molar-refractivity contribution in [1.29, 1.82) is 0 Å². The SMILES string of the molecule is O=C1c2cccc3cccc(c23)C(=O)N1CCCN(C(=O)c1ccc(-c2ccccc2)cc1)c1ccc(Oc2ccccc2)cc1. The number of carbonyl (C=O) groups is 3. The van der Waals surface area contributed by atoms with Gasteiger partial charge in [-0.05, 0) is 83.6 Å². The van der Waals surface area contributed by atoms with E-state index in [4.69, 9.17) is 4.74 Å². The van der Waals surface area contributed by atoms with E-state index >= 15 is 0 Å². The first-order valence-corrected chi connectivity index (χ1v) is 15.2. The number of anilines is 1. The molecule has 0 saturated carbocycles. The summed E-state index contributed by atoms with van der Waals surface area (Å²) in [6, 6.07) is 45.4. The van der Waals surface area contributed by atoms with Crippen LogP contribution in [-0.4, -0.2) is 35.7 Å². The molecule has 224 valence electrons. The molecule has 0 atom stereocenters. The van der Waals surface area contributed by atoms with Gasteiger partial charge in [0, 0.05) is 40.9 Å². The van der Waals surface area contributed by atoms with Gasteiger partial charge in [0.1, 0.15) is 11.5 Å². The van der Waals surface area contributed by atoms with Gasteiger partial charge in [-0.25, -0.2) is 0 Å². The highest BCUT2D eigenvalue weighted by atomic mass is 16.5. The second-order valence-corrected chi connectivity index (χ2v) is 11.1. The van der Waals surface area contributed by atoms with Crippen LogP contribution in [0, 0.1) is 0 Å². The van der Waals surface area contributed by atoms with Gasteiger partial charge in [0.05, 0.1) is 0 Å². The second kappa shape index (κ2) is 12.5. The molecule has 0 unspecified atom stereocenters. The molecule has 3 amide bonds. The highest BCUT2D eigenvalue weighted by Gasteiger charge is 2.32. The summed E-state index contributed by atoms with van der Waals surface area (Å²) in [4.78, 5) is 43.9. The van der Waals surface area contributed by atoms with Crippen LogP contribution in [0.4, 0.5) is 5.69 Å². The maximum Gasteiger partial charge on any atom is 0.261 e. The molecular formula is C40H30N2O4. The largest absolute Gasteiger partial charge is 0.457 e. The average molecular weight is 603 g/mol. The van der Waals surface area contributed by atoms with Crippen molar-refractivity contribution in [2.45, 2.75) is 6.42 Å². The lowest BCUT2D eigenvalue weighted by molar-refractivity contribution is 0.0610. The third kappa shape index (κ3) is 5.64. The summed E-state index contributed by atoms with van der Waals surface area (Å²) >= 11 is 0. The summed E-state index contributed by atoms with van der Waals surface area (Å²) in [6.07, 6.45) is 0.395. The summed E-state index contributed by atoms with van der Waals surface area (Å²) in [5.74, 6) is 0.557. The number of ether oxygens (including phenoxy) is 1. The van der Waals surface area contributed by atoms with Gasteiger partial charge in [-0.2, -0.15) is 0 Å². The van der Waals surface area contributed by atoms with E-state index in [9.17, 15) is 14.4 Å². The van der Waals surface area contributed by atoms with E-state index in [1.165, 1.54) is 4.90 Å². The van der Waals surface area contributed by atoms with E-state index in [0.29, 0.717) is 46.5 Å². The molecule has 0 N–H and O–H groups in total. The molecule has 6 nitrogen and oxygen atoms in total. The Kier molecular flexibility index (Phi) is 7.84. The van der Waals surface area contributed by atoms with E-state index < -0.39 is 0 Å². The molecule has 0 bridgehead atoms. The van der Waals surface area contributed by atoms with Crippen LogP contribution in [0.2, 0.25) is 0 Å². The van der Waals surface area contributed by atoms with Gasteiger partial charge in [0.25, 0.3) is 17.7 Å². The van der Waals surface area contributed by atoms with Gasteiger partial charge >= 0.3 is 0 Å². The maximum absolute atomic E-state index is 14.0. The minimum Gasteiger partial charge on any atom is -0.457 e. The Morgan fingerprint density at radius 3 is 1.78 bits per heavy atom. The van der Waals surface area contributed by atoms with E-state index in [0.717, 1.165) is 22.3 Å². The normalized spacial score (nSPS) is 12.3. The number of rotatable bonds is 9. The van der Waals surface area contributed by atoms with Crippen molar-refractivity contribution in [2.24, 2.45) is 0 Å². The molecule has 6 heteroatoms. The standard InChI is InChI=1S/C40H30N2O4/c43-38(31-20-18-29(19-21-31)28-10-3-1-4-11-28)41(32-22-24-34(25-23-32)46-33-14-5-2-6-15-33)26-9-27-42-39(44)35-16-7-12-30-13-8-17-36(37(30)35)40(42)45/h1-8,10-25H,9,26-27H2. The second-order valence-electron chi connectivity index (χ2n) is 11.1. The first-order valence-electron chi connectivity index (χ1n) is 15.2. The highest BCUT2D eigenvalue weighted by Crippen LogP contribution is 2.31. The molecule has 0 radical (unpaired) electrons. The molecular weight excluding hydrogens is 572 g/mol. The fourth-order valence-electron chi connectivity index (χ4n) is 5.93. The fourth-order valence-corrected chi connectivity index (χ4v) is 5.93. The van der Waals surface area contributed by atoms with E-state index in [1.807, 2.05) is 133 Å². The van der Waals surface area contributed by atoms with Crippen molar-refractivity contribution in [3.63, 3.8) is 0 Å². The van der Waals surface area contributed by atoms with Crippen LogP contribution in [0.1, 0.15) is 37.5 Å². The maximum atomic E-state index is 14.0. The van der Waals surface area contributed by atoms with Crippen LogP contribution in [0.15, 0.2) is 146 Å². The highest BCUT2D eigenvalue weighted by molar-refractivity contribution is 6.25. The number of para-hydroxylation sites is 1. The van der Waals surface area contributed by atoms with Crippen molar-refractivity contribution < 1.29 is 19.1 Å². The van der Waals surface area contributed by atoms with Crippen LogP contribution in [0.3, 0.4) is 0 Å². The number of imide groups is 1. The lowest BCUT2D eigenvalue weighted by atomic mass is 9.94. The Hall–Kier alpha value is -6.01. The van der Waals surface area contributed by atoms with Crippen LogP contribution in [-0.2, 0) is 0 Å². The van der Waals surface area contributed by atoms with Crippen molar-refractivity contribution >= 4 is 34.2 Å². The molecule has 6 aromatic carbocycles. The van der Waals surface area contributed by atoms with E-state index in [1.54, 1.807) is 17.0 Å². The van der Waals surface area contributed by atoms with E-state index in [2.05, 4.69) is 0 Å². The van der Waals surface area contributed by atoms with Crippen LogP contribution < -0.4 is 9.64 Å². The molecule has 46 heavy (non-hydrogen) atoms. The number of hydrogen-bond acceptors (Lipinski definition) is 4. The van der Waals surface area contributed by atoms with Crippen molar-refractivity contribution in [3.8, 4) is 22.6 Å². The molecule has 0 saturated heterocycles. The monoisotopic (exact) mass is 602 g/mol. The fraction of sp³-hybridized carbons (Fsp3) is 0.0750.